The van der Waals surface area contributed by atoms with Gasteiger partial charge in [0.1, 0.15) is 0 Å². The Kier molecular flexibility index (Phi) is 3.71. The van der Waals surface area contributed by atoms with E-state index in [-0.39, 0.29) is 11.9 Å². The van der Waals surface area contributed by atoms with Crippen molar-refractivity contribution in [3.05, 3.63) is 32.4 Å². The topological polar surface area (TPSA) is 46.3 Å². The SMILES string of the molecule is N[C@H]1CCN(C(=O)c2cc(Cl)ccc2I)C1. The molecule has 1 amide bonds. The number of carbonyl (C=O) groups is 1. The third kappa shape index (κ3) is 2.49. The molecule has 2 N–H and O–H groups in total. The maximum absolute atomic E-state index is 12.2. The molecule has 1 aliphatic heterocycles. The van der Waals surface area contributed by atoms with Gasteiger partial charge in [0, 0.05) is 27.7 Å². The van der Waals surface area contributed by atoms with Crippen LogP contribution in [0.4, 0.5) is 0 Å². The molecule has 1 heterocycles. The Labute approximate surface area is 113 Å². The average Bonchev–Trinajstić information content (AvgIpc) is 2.67. The lowest BCUT2D eigenvalue weighted by Crippen LogP contribution is -2.32. The van der Waals surface area contributed by atoms with E-state index in [4.69, 9.17) is 17.3 Å². The van der Waals surface area contributed by atoms with Crippen molar-refractivity contribution in [1.29, 1.82) is 0 Å². The molecule has 2 rings (SSSR count). The first-order valence-electron chi connectivity index (χ1n) is 5.08. The fraction of sp³-hybridized carbons (Fsp3) is 0.364. The standard InChI is InChI=1S/C11H12ClIN2O/c12-7-1-2-10(13)9(5-7)11(16)15-4-3-8(14)6-15/h1-2,5,8H,3-4,6,14H2/t8-/m0/s1. The summed E-state index contributed by atoms with van der Waals surface area (Å²) in [6.45, 7) is 1.38. The molecule has 5 heteroatoms. The summed E-state index contributed by atoms with van der Waals surface area (Å²) in [6.07, 6.45) is 0.878. The molecular formula is C11H12ClIN2O. The lowest BCUT2D eigenvalue weighted by Gasteiger charge is -2.16. The van der Waals surface area contributed by atoms with E-state index in [1.54, 1.807) is 17.0 Å². The molecule has 1 aromatic rings. The van der Waals surface area contributed by atoms with E-state index < -0.39 is 0 Å². The quantitative estimate of drug-likeness (QED) is 0.789. The Morgan fingerprint density at radius 1 is 1.56 bits per heavy atom. The van der Waals surface area contributed by atoms with Crippen LogP contribution in [0, 0.1) is 3.57 Å². The van der Waals surface area contributed by atoms with Crippen LogP contribution in [0.2, 0.25) is 5.02 Å². The number of likely N-dealkylation sites (tertiary alicyclic amines) is 1. The highest BCUT2D eigenvalue weighted by Gasteiger charge is 2.25. The lowest BCUT2D eigenvalue weighted by atomic mass is 10.2. The van der Waals surface area contributed by atoms with Gasteiger partial charge in [0.05, 0.1) is 5.56 Å². The van der Waals surface area contributed by atoms with E-state index in [0.717, 1.165) is 16.5 Å². The Balaban J connectivity index is 2.23. The fourth-order valence-corrected chi connectivity index (χ4v) is 2.54. The van der Waals surface area contributed by atoms with Crippen LogP contribution in [-0.2, 0) is 0 Å². The normalized spacial score (nSPS) is 20.2. The van der Waals surface area contributed by atoms with Gasteiger partial charge < -0.3 is 10.6 Å². The largest absolute Gasteiger partial charge is 0.337 e. The Hall–Kier alpha value is -0.330. The summed E-state index contributed by atoms with van der Waals surface area (Å²) in [4.78, 5) is 14.0. The minimum absolute atomic E-state index is 0.0276. The second kappa shape index (κ2) is 4.89. The molecule has 1 aliphatic rings. The highest BCUT2D eigenvalue weighted by molar-refractivity contribution is 14.1. The van der Waals surface area contributed by atoms with Gasteiger partial charge in [-0.1, -0.05) is 11.6 Å². The molecule has 3 nitrogen and oxygen atoms in total. The molecule has 0 saturated carbocycles. The zero-order valence-electron chi connectivity index (χ0n) is 8.62. The molecule has 1 atom stereocenters. The van der Waals surface area contributed by atoms with Crippen LogP contribution < -0.4 is 5.73 Å². The predicted molar refractivity (Wildman–Crippen MR) is 72.7 cm³/mol. The molecule has 0 bridgehead atoms. The number of benzene rings is 1. The van der Waals surface area contributed by atoms with Crippen molar-refractivity contribution in [2.45, 2.75) is 12.5 Å². The van der Waals surface area contributed by atoms with Gasteiger partial charge in [-0.2, -0.15) is 0 Å². The van der Waals surface area contributed by atoms with Gasteiger partial charge in [-0.05, 0) is 47.2 Å². The Morgan fingerprint density at radius 2 is 2.31 bits per heavy atom. The number of amides is 1. The summed E-state index contributed by atoms with van der Waals surface area (Å²) in [6, 6.07) is 5.47. The molecule has 1 aromatic carbocycles. The van der Waals surface area contributed by atoms with Gasteiger partial charge in [0.25, 0.3) is 5.91 Å². The molecule has 1 saturated heterocycles. The minimum Gasteiger partial charge on any atom is -0.337 e. The smallest absolute Gasteiger partial charge is 0.255 e. The predicted octanol–water partition coefficient (Wildman–Crippen LogP) is 2.12. The third-order valence-electron chi connectivity index (χ3n) is 2.67. The summed E-state index contributed by atoms with van der Waals surface area (Å²) in [7, 11) is 0. The second-order valence-corrected chi connectivity index (χ2v) is 5.52. The number of hydrogen-bond acceptors (Lipinski definition) is 2. The number of hydrogen-bond donors (Lipinski definition) is 1. The van der Waals surface area contributed by atoms with Gasteiger partial charge in [0.15, 0.2) is 0 Å². The molecule has 0 aliphatic carbocycles. The molecule has 0 radical (unpaired) electrons. The number of rotatable bonds is 1. The number of halogens is 2. The van der Waals surface area contributed by atoms with Crippen LogP contribution in [0.5, 0.6) is 0 Å². The highest BCUT2D eigenvalue weighted by atomic mass is 127. The van der Waals surface area contributed by atoms with Gasteiger partial charge in [-0.25, -0.2) is 0 Å². The van der Waals surface area contributed by atoms with E-state index in [2.05, 4.69) is 22.6 Å². The van der Waals surface area contributed by atoms with Crippen molar-refractivity contribution in [2.24, 2.45) is 5.73 Å². The summed E-state index contributed by atoms with van der Waals surface area (Å²) in [5.41, 5.74) is 6.46. The second-order valence-electron chi connectivity index (χ2n) is 3.92. The van der Waals surface area contributed by atoms with Crippen LogP contribution in [0.25, 0.3) is 0 Å². The van der Waals surface area contributed by atoms with E-state index in [1.807, 2.05) is 6.07 Å². The van der Waals surface area contributed by atoms with E-state index in [0.29, 0.717) is 17.1 Å². The maximum Gasteiger partial charge on any atom is 0.255 e. The first-order valence-corrected chi connectivity index (χ1v) is 6.53. The summed E-state index contributed by atoms with van der Waals surface area (Å²) < 4.78 is 0.924. The first-order chi connectivity index (χ1) is 7.58. The van der Waals surface area contributed by atoms with Crippen molar-refractivity contribution in [3.63, 3.8) is 0 Å². The van der Waals surface area contributed by atoms with Gasteiger partial charge in [-0.15, -0.1) is 0 Å². The Bertz CT molecular complexity index is 424. The summed E-state index contributed by atoms with van der Waals surface area (Å²) in [5.74, 6) is 0.0276. The fourth-order valence-electron chi connectivity index (χ4n) is 1.80. The van der Waals surface area contributed by atoms with Crippen molar-refractivity contribution in [2.75, 3.05) is 13.1 Å². The van der Waals surface area contributed by atoms with Crippen molar-refractivity contribution in [1.82, 2.24) is 4.90 Å². The average molecular weight is 351 g/mol. The van der Waals surface area contributed by atoms with Gasteiger partial charge in [0.2, 0.25) is 0 Å². The van der Waals surface area contributed by atoms with Crippen LogP contribution in [0.15, 0.2) is 18.2 Å². The van der Waals surface area contributed by atoms with Crippen LogP contribution in [0.3, 0.4) is 0 Å². The first kappa shape index (κ1) is 12.1. The van der Waals surface area contributed by atoms with Crippen molar-refractivity contribution >= 4 is 40.1 Å². The van der Waals surface area contributed by atoms with Gasteiger partial charge >= 0.3 is 0 Å². The molecule has 16 heavy (non-hydrogen) atoms. The minimum atomic E-state index is 0.0276. The molecule has 1 fully saturated rings. The van der Waals surface area contributed by atoms with E-state index in [1.165, 1.54) is 0 Å². The van der Waals surface area contributed by atoms with Gasteiger partial charge in [-0.3, -0.25) is 4.79 Å². The molecule has 0 unspecified atom stereocenters. The molecule has 0 spiro atoms. The molecule has 0 aromatic heterocycles. The van der Waals surface area contributed by atoms with Crippen molar-refractivity contribution < 1.29 is 4.79 Å². The van der Waals surface area contributed by atoms with E-state index >= 15 is 0 Å². The summed E-state index contributed by atoms with van der Waals surface area (Å²) in [5, 5.41) is 0.590. The van der Waals surface area contributed by atoms with E-state index in [9.17, 15) is 4.79 Å². The number of nitrogens with two attached hydrogens (primary N) is 1. The lowest BCUT2D eigenvalue weighted by molar-refractivity contribution is 0.0790. The monoisotopic (exact) mass is 350 g/mol. The van der Waals surface area contributed by atoms with Crippen molar-refractivity contribution in [3.8, 4) is 0 Å². The molecule has 86 valence electrons. The zero-order valence-corrected chi connectivity index (χ0v) is 11.5. The number of nitrogens with zero attached hydrogens (tertiary/aromatic N) is 1. The Morgan fingerprint density at radius 3 is 2.94 bits per heavy atom. The molecular weight excluding hydrogens is 338 g/mol. The zero-order chi connectivity index (χ0) is 11.7. The third-order valence-corrected chi connectivity index (χ3v) is 3.85. The van der Waals surface area contributed by atoms with Crippen LogP contribution in [0.1, 0.15) is 16.8 Å². The highest BCUT2D eigenvalue weighted by Crippen LogP contribution is 2.21. The maximum atomic E-state index is 12.2. The summed E-state index contributed by atoms with van der Waals surface area (Å²) >= 11 is 8.04. The van der Waals surface area contributed by atoms with Crippen LogP contribution in [-0.4, -0.2) is 29.9 Å². The van der Waals surface area contributed by atoms with Crippen LogP contribution >= 0.6 is 34.2 Å². The number of carbonyl (C=O) groups excluding carboxylic acids is 1.